The quantitative estimate of drug-likeness (QED) is 0.501. The minimum atomic E-state index is -0.935. The number of carboxylic acids is 1. The van der Waals surface area contributed by atoms with Crippen LogP contribution in [0.25, 0.3) is 6.08 Å². The first-order valence-corrected chi connectivity index (χ1v) is 5.24. The van der Waals surface area contributed by atoms with Gasteiger partial charge < -0.3 is 5.11 Å². The van der Waals surface area contributed by atoms with Crippen molar-refractivity contribution in [3.63, 3.8) is 0 Å². The Bertz CT molecular complexity index is 467. The average Bonchev–Trinajstić information content (AvgIpc) is 2.36. The van der Waals surface area contributed by atoms with Crippen LogP contribution in [0, 0.1) is 11.3 Å². The summed E-state index contributed by atoms with van der Waals surface area (Å²) in [7, 11) is 0. The molecule has 1 rings (SSSR count). The molecular weight excluding hydrogens is 226 g/mol. The van der Waals surface area contributed by atoms with Crippen LogP contribution in [0.4, 0.5) is 0 Å². The maximum Gasteiger partial charge on any atom is 0.330 e. The Morgan fingerprint density at radius 3 is 2.33 bits per heavy atom. The highest BCUT2D eigenvalue weighted by molar-refractivity contribution is 5.84. The third-order valence-corrected chi connectivity index (χ3v) is 1.74. The lowest BCUT2D eigenvalue weighted by Gasteiger charge is -1.87. The first-order chi connectivity index (χ1) is 8.57. The van der Waals surface area contributed by atoms with Gasteiger partial charge in [0.1, 0.15) is 0 Å². The molecule has 0 saturated carbocycles. The van der Waals surface area contributed by atoms with Gasteiger partial charge in [-0.25, -0.2) is 4.79 Å². The predicted molar refractivity (Wildman–Crippen MR) is 72.7 cm³/mol. The maximum atomic E-state index is 9.60. The molecule has 0 bridgehead atoms. The number of rotatable bonds is 3. The Morgan fingerprint density at radius 2 is 1.89 bits per heavy atom. The number of nitriles is 1. The number of aliphatic carboxylic acids is 1. The van der Waals surface area contributed by atoms with Gasteiger partial charge in [-0.05, 0) is 12.5 Å². The van der Waals surface area contributed by atoms with Crippen LogP contribution in [-0.4, -0.2) is 11.1 Å². The molecule has 0 aliphatic rings. The number of hydrogen-bond donors (Lipinski definition) is 1. The van der Waals surface area contributed by atoms with E-state index in [9.17, 15) is 4.79 Å². The van der Waals surface area contributed by atoms with E-state index in [1.54, 1.807) is 6.08 Å². The summed E-state index contributed by atoms with van der Waals surface area (Å²) in [6.07, 6.45) is 6.96. The second-order valence-electron chi connectivity index (χ2n) is 3.34. The molecule has 92 valence electrons. The van der Waals surface area contributed by atoms with Crippen molar-refractivity contribution < 1.29 is 9.90 Å². The highest BCUT2D eigenvalue weighted by Crippen LogP contribution is 2.00. The fraction of sp³-hybridized carbons (Fsp3) is 0.0667. The summed E-state index contributed by atoms with van der Waals surface area (Å²) < 4.78 is 0. The fourth-order valence-corrected chi connectivity index (χ4v) is 0.829. The fourth-order valence-electron chi connectivity index (χ4n) is 0.829. The van der Waals surface area contributed by atoms with E-state index in [0.29, 0.717) is 0 Å². The number of allylic oxidation sites excluding steroid dienone is 3. The topological polar surface area (TPSA) is 61.1 Å². The predicted octanol–water partition coefficient (Wildman–Crippen LogP) is 3.43. The lowest BCUT2D eigenvalue weighted by molar-refractivity contribution is -0.132. The summed E-state index contributed by atoms with van der Waals surface area (Å²) in [6.45, 7) is 4.60. The third-order valence-electron chi connectivity index (χ3n) is 1.74. The van der Waals surface area contributed by atoms with E-state index in [0.717, 1.165) is 5.56 Å². The van der Waals surface area contributed by atoms with Crippen LogP contribution in [-0.2, 0) is 4.79 Å². The van der Waals surface area contributed by atoms with Crippen molar-refractivity contribution in [1.82, 2.24) is 0 Å². The Labute approximate surface area is 107 Å². The maximum absolute atomic E-state index is 9.60. The molecular formula is C15H15NO2. The van der Waals surface area contributed by atoms with Gasteiger partial charge in [0, 0.05) is 11.6 Å². The van der Waals surface area contributed by atoms with Gasteiger partial charge in [-0.15, -0.1) is 0 Å². The molecule has 1 aromatic carbocycles. The van der Waals surface area contributed by atoms with Crippen molar-refractivity contribution in [2.45, 2.75) is 6.92 Å². The van der Waals surface area contributed by atoms with Crippen LogP contribution >= 0.6 is 0 Å². The minimum Gasteiger partial charge on any atom is -0.478 e. The number of carboxylic acid groups (broad SMARTS) is 1. The van der Waals surface area contributed by atoms with Gasteiger partial charge in [0.2, 0.25) is 0 Å². The number of carbonyl (C=O) groups is 1. The number of hydrogen-bond acceptors (Lipinski definition) is 2. The molecule has 3 nitrogen and oxygen atoms in total. The first-order valence-electron chi connectivity index (χ1n) is 5.24. The monoisotopic (exact) mass is 241 g/mol. The van der Waals surface area contributed by atoms with Crippen molar-refractivity contribution in [2.75, 3.05) is 0 Å². The molecule has 3 heteroatoms. The molecule has 0 heterocycles. The second kappa shape index (κ2) is 9.61. The number of benzene rings is 1. The molecule has 0 radical (unpaired) electrons. The van der Waals surface area contributed by atoms with Crippen molar-refractivity contribution in [2.24, 2.45) is 0 Å². The zero-order valence-electron chi connectivity index (χ0n) is 10.2. The molecule has 0 aliphatic carbocycles. The molecule has 1 N–H and O–H groups in total. The minimum absolute atomic E-state index is 0.176. The van der Waals surface area contributed by atoms with Crippen LogP contribution in [0.1, 0.15) is 12.5 Å². The first kappa shape index (κ1) is 15.4. The van der Waals surface area contributed by atoms with E-state index < -0.39 is 5.97 Å². The van der Waals surface area contributed by atoms with Gasteiger partial charge in [0.05, 0.1) is 6.07 Å². The molecule has 0 spiro atoms. The highest BCUT2D eigenvalue weighted by Gasteiger charge is 1.90. The summed E-state index contributed by atoms with van der Waals surface area (Å²) in [5.74, 6) is -0.935. The Morgan fingerprint density at radius 1 is 1.33 bits per heavy atom. The Kier molecular flexibility index (Phi) is 8.22. The summed E-state index contributed by atoms with van der Waals surface area (Å²) in [6, 6.07) is 11.9. The van der Waals surface area contributed by atoms with Gasteiger partial charge in [-0.3, -0.25) is 0 Å². The SMILES string of the molecule is C=C(C)C(=O)O.N#CC=CC=Cc1ccccc1. The van der Waals surface area contributed by atoms with E-state index >= 15 is 0 Å². The van der Waals surface area contributed by atoms with Crippen molar-refractivity contribution in [3.8, 4) is 6.07 Å². The second-order valence-corrected chi connectivity index (χ2v) is 3.34. The van der Waals surface area contributed by atoms with Crippen LogP contribution in [0.5, 0.6) is 0 Å². The zero-order valence-corrected chi connectivity index (χ0v) is 10.2. The van der Waals surface area contributed by atoms with Crippen molar-refractivity contribution >= 4 is 12.0 Å². The molecule has 18 heavy (non-hydrogen) atoms. The summed E-state index contributed by atoms with van der Waals surface area (Å²) in [5.41, 5.74) is 1.31. The molecule has 0 amide bonds. The van der Waals surface area contributed by atoms with E-state index in [1.807, 2.05) is 48.6 Å². The van der Waals surface area contributed by atoms with Gasteiger partial charge in [0.15, 0.2) is 0 Å². The number of nitrogens with zero attached hydrogens (tertiary/aromatic N) is 1. The molecule has 0 aliphatic heterocycles. The van der Waals surface area contributed by atoms with Gasteiger partial charge in [-0.1, -0.05) is 55.1 Å². The van der Waals surface area contributed by atoms with Crippen LogP contribution in [0.3, 0.4) is 0 Å². The molecule has 0 unspecified atom stereocenters. The molecule has 0 saturated heterocycles. The summed E-state index contributed by atoms with van der Waals surface area (Å²) in [5, 5.41) is 16.1. The molecule has 0 atom stereocenters. The van der Waals surface area contributed by atoms with E-state index in [1.165, 1.54) is 13.0 Å². The smallest absolute Gasteiger partial charge is 0.330 e. The normalized spacial score (nSPS) is 9.56. The van der Waals surface area contributed by atoms with Crippen molar-refractivity contribution in [3.05, 3.63) is 66.3 Å². The van der Waals surface area contributed by atoms with E-state index in [4.69, 9.17) is 10.4 Å². The highest BCUT2D eigenvalue weighted by atomic mass is 16.4. The lowest BCUT2D eigenvalue weighted by Crippen LogP contribution is -1.92. The molecule has 1 aromatic rings. The standard InChI is InChI=1S/C11H9N.C4H6O2/c12-10-6-2-5-9-11-7-3-1-4-8-11;1-3(2)4(5)6/h1-9H;1H2,2H3,(H,5,6). The summed E-state index contributed by atoms with van der Waals surface area (Å²) >= 11 is 0. The summed E-state index contributed by atoms with van der Waals surface area (Å²) in [4.78, 5) is 9.60. The van der Waals surface area contributed by atoms with Crippen LogP contribution in [0.2, 0.25) is 0 Å². The molecule has 0 aromatic heterocycles. The lowest BCUT2D eigenvalue weighted by atomic mass is 10.2. The van der Waals surface area contributed by atoms with Gasteiger partial charge in [-0.2, -0.15) is 5.26 Å². The largest absolute Gasteiger partial charge is 0.478 e. The average molecular weight is 241 g/mol. The van der Waals surface area contributed by atoms with E-state index in [-0.39, 0.29) is 5.57 Å². The Balaban J connectivity index is 0.000000411. The van der Waals surface area contributed by atoms with E-state index in [2.05, 4.69) is 6.58 Å². The van der Waals surface area contributed by atoms with Gasteiger partial charge in [0.25, 0.3) is 0 Å². The van der Waals surface area contributed by atoms with Crippen LogP contribution in [0.15, 0.2) is 60.7 Å². The molecule has 0 fully saturated rings. The Hall–Kier alpha value is -2.60. The van der Waals surface area contributed by atoms with Crippen molar-refractivity contribution in [1.29, 1.82) is 5.26 Å². The third kappa shape index (κ3) is 8.69. The van der Waals surface area contributed by atoms with Crippen LogP contribution < -0.4 is 0 Å². The van der Waals surface area contributed by atoms with Gasteiger partial charge >= 0.3 is 5.97 Å². The zero-order chi connectivity index (χ0) is 13.8.